The van der Waals surface area contributed by atoms with Crippen molar-refractivity contribution in [3.63, 3.8) is 0 Å². The standard InChI is InChI=1S/C26H32BrNO2/c1-19(17-20(2)29)26(21(3)30,23-7-5-4-6-8-23)24-13-15-28(16-14-24)18-22-9-11-25(27)12-10-22/h4-12,19,24H,13-18H2,1-3H3. The molecule has 3 rings (SSSR count). The Morgan fingerprint density at radius 2 is 1.63 bits per heavy atom. The number of Topliss-reactive ketones (excluding diaryl/α,β-unsaturated/α-hetero) is 2. The number of nitrogens with zero attached hydrogens (tertiary/aromatic N) is 1. The predicted molar refractivity (Wildman–Crippen MR) is 125 cm³/mol. The summed E-state index contributed by atoms with van der Waals surface area (Å²) >= 11 is 3.50. The fraction of sp³-hybridized carbons (Fsp3) is 0.462. The molecule has 2 unspecified atom stereocenters. The van der Waals surface area contributed by atoms with Gasteiger partial charge < -0.3 is 4.79 Å². The van der Waals surface area contributed by atoms with Gasteiger partial charge in [0.2, 0.25) is 0 Å². The largest absolute Gasteiger partial charge is 0.300 e. The molecule has 2 aromatic rings. The van der Waals surface area contributed by atoms with Gasteiger partial charge in [-0.1, -0.05) is 65.3 Å². The van der Waals surface area contributed by atoms with E-state index in [0.717, 1.165) is 42.5 Å². The molecule has 0 bridgehead atoms. The van der Waals surface area contributed by atoms with Gasteiger partial charge in [-0.15, -0.1) is 0 Å². The van der Waals surface area contributed by atoms with E-state index < -0.39 is 5.41 Å². The van der Waals surface area contributed by atoms with Crippen LogP contribution in [-0.2, 0) is 21.5 Å². The number of ketones is 2. The van der Waals surface area contributed by atoms with Crippen LogP contribution in [0.15, 0.2) is 59.1 Å². The van der Waals surface area contributed by atoms with E-state index in [4.69, 9.17) is 0 Å². The molecule has 1 fully saturated rings. The zero-order valence-electron chi connectivity index (χ0n) is 18.2. The van der Waals surface area contributed by atoms with E-state index in [1.165, 1.54) is 5.56 Å². The molecule has 0 radical (unpaired) electrons. The van der Waals surface area contributed by atoms with Crippen LogP contribution in [0.2, 0.25) is 0 Å². The molecule has 0 aromatic heterocycles. The van der Waals surface area contributed by atoms with Crippen LogP contribution in [0.25, 0.3) is 0 Å². The number of likely N-dealkylation sites (tertiary alicyclic amines) is 1. The highest BCUT2D eigenvalue weighted by Gasteiger charge is 2.49. The molecule has 1 heterocycles. The van der Waals surface area contributed by atoms with Crippen LogP contribution in [0.4, 0.5) is 0 Å². The Kier molecular flexibility index (Phi) is 7.65. The van der Waals surface area contributed by atoms with Crippen LogP contribution in [0, 0.1) is 11.8 Å². The lowest BCUT2D eigenvalue weighted by molar-refractivity contribution is -0.129. The lowest BCUT2D eigenvalue weighted by Crippen LogP contribution is -2.51. The van der Waals surface area contributed by atoms with Gasteiger partial charge in [0.15, 0.2) is 0 Å². The number of rotatable bonds is 8. The lowest BCUT2D eigenvalue weighted by Gasteiger charge is -2.47. The summed E-state index contributed by atoms with van der Waals surface area (Å²) in [6.45, 7) is 8.31. The quantitative estimate of drug-likeness (QED) is 0.489. The van der Waals surface area contributed by atoms with Crippen molar-refractivity contribution >= 4 is 27.5 Å². The van der Waals surface area contributed by atoms with E-state index in [9.17, 15) is 9.59 Å². The van der Waals surface area contributed by atoms with Crippen molar-refractivity contribution in [2.75, 3.05) is 13.1 Å². The molecule has 2 atom stereocenters. The average molecular weight is 470 g/mol. The number of carbonyl (C=O) groups is 2. The summed E-state index contributed by atoms with van der Waals surface area (Å²) in [6.07, 6.45) is 2.37. The molecule has 0 saturated carbocycles. The molecule has 0 spiro atoms. The van der Waals surface area contributed by atoms with Crippen LogP contribution in [-0.4, -0.2) is 29.6 Å². The summed E-state index contributed by atoms with van der Waals surface area (Å²) in [4.78, 5) is 27.7. The Balaban J connectivity index is 1.83. The highest BCUT2D eigenvalue weighted by molar-refractivity contribution is 9.10. The Bertz CT molecular complexity index is 856. The first-order valence-corrected chi connectivity index (χ1v) is 11.7. The molecule has 0 aliphatic carbocycles. The maximum Gasteiger partial charge on any atom is 0.140 e. The van der Waals surface area contributed by atoms with E-state index in [1.54, 1.807) is 13.8 Å². The third-order valence-electron chi connectivity index (χ3n) is 6.76. The van der Waals surface area contributed by atoms with Crippen molar-refractivity contribution in [1.29, 1.82) is 0 Å². The Hall–Kier alpha value is -1.78. The molecule has 1 aliphatic rings. The molecule has 160 valence electrons. The zero-order valence-corrected chi connectivity index (χ0v) is 19.8. The molecule has 30 heavy (non-hydrogen) atoms. The van der Waals surface area contributed by atoms with Crippen molar-refractivity contribution < 1.29 is 9.59 Å². The molecular weight excluding hydrogens is 438 g/mol. The van der Waals surface area contributed by atoms with E-state index in [0.29, 0.717) is 6.42 Å². The second-order valence-corrected chi connectivity index (χ2v) is 9.69. The van der Waals surface area contributed by atoms with Crippen LogP contribution >= 0.6 is 15.9 Å². The topological polar surface area (TPSA) is 37.4 Å². The third kappa shape index (κ3) is 4.92. The van der Waals surface area contributed by atoms with Crippen molar-refractivity contribution in [1.82, 2.24) is 4.90 Å². The molecule has 4 heteroatoms. The summed E-state index contributed by atoms with van der Waals surface area (Å²) in [7, 11) is 0. The maximum atomic E-state index is 13.3. The Morgan fingerprint density at radius 1 is 1.03 bits per heavy atom. The molecule has 1 aliphatic heterocycles. The van der Waals surface area contributed by atoms with Gasteiger partial charge in [0.05, 0.1) is 5.41 Å². The summed E-state index contributed by atoms with van der Waals surface area (Å²) < 4.78 is 1.10. The number of benzene rings is 2. The molecule has 0 N–H and O–H groups in total. The van der Waals surface area contributed by atoms with Crippen molar-refractivity contribution in [3.8, 4) is 0 Å². The van der Waals surface area contributed by atoms with Gasteiger partial charge in [0.25, 0.3) is 0 Å². The molecule has 1 saturated heterocycles. The van der Waals surface area contributed by atoms with Gasteiger partial charge in [0, 0.05) is 17.4 Å². The summed E-state index contributed by atoms with van der Waals surface area (Å²) in [6, 6.07) is 18.7. The second kappa shape index (κ2) is 10.0. The van der Waals surface area contributed by atoms with Gasteiger partial charge in [-0.05, 0) is 74.9 Å². The minimum Gasteiger partial charge on any atom is -0.300 e. The number of carbonyl (C=O) groups excluding carboxylic acids is 2. The monoisotopic (exact) mass is 469 g/mol. The minimum absolute atomic E-state index is 0.0158. The van der Waals surface area contributed by atoms with Gasteiger partial charge in [-0.2, -0.15) is 0 Å². The first kappa shape index (κ1) is 22.9. The maximum absolute atomic E-state index is 13.3. The van der Waals surface area contributed by atoms with Crippen LogP contribution in [0.1, 0.15) is 51.2 Å². The molecule has 3 nitrogen and oxygen atoms in total. The van der Waals surface area contributed by atoms with Gasteiger partial charge in [-0.3, -0.25) is 9.69 Å². The first-order chi connectivity index (χ1) is 14.3. The van der Waals surface area contributed by atoms with Crippen molar-refractivity contribution in [2.45, 2.75) is 52.0 Å². The average Bonchev–Trinajstić information content (AvgIpc) is 2.71. The molecular formula is C26H32BrNO2. The van der Waals surface area contributed by atoms with Crippen LogP contribution < -0.4 is 0 Å². The van der Waals surface area contributed by atoms with Gasteiger partial charge >= 0.3 is 0 Å². The number of piperidine rings is 1. The van der Waals surface area contributed by atoms with Gasteiger partial charge in [0.1, 0.15) is 11.6 Å². The summed E-state index contributed by atoms with van der Waals surface area (Å²) in [5.41, 5.74) is 1.77. The summed E-state index contributed by atoms with van der Waals surface area (Å²) in [5.74, 6) is 0.566. The number of halogens is 1. The van der Waals surface area contributed by atoms with Gasteiger partial charge in [-0.25, -0.2) is 0 Å². The van der Waals surface area contributed by atoms with E-state index >= 15 is 0 Å². The predicted octanol–water partition coefficient (Wildman–Crippen LogP) is 5.80. The van der Waals surface area contributed by atoms with E-state index in [1.807, 2.05) is 18.2 Å². The highest BCUT2D eigenvalue weighted by atomic mass is 79.9. The van der Waals surface area contributed by atoms with Crippen LogP contribution in [0.5, 0.6) is 0 Å². The molecule has 0 amide bonds. The third-order valence-corrected chi connectivity index (χ3v) is 7.28. The first-order valence-electron chi connectivity index (χ1n) is 10.9. The summed E-state index contributed by atoms with van der Waals surface area (Å²) in [5, 5.41) is 0. The Morgan fingerprint density at radius 3 is 2.17 bits per heavy atom. The fourth-order valence-corrected chi connectivity index (χ4v) is 5.73. The second-order valence-electron chi connectivity index (χ2n) is 8.78. The normalized spacial score (nSPS) is 18.5. The van der Waals surface area contributed by atoms with Crippen molar-refractivity contribution in [3.05, 3.63) is 70.2 Å². The smallest absolute Gasteiger partial charge is 0.140 e. The fourth-order valence-electron chi connectivity index (χ4n) is 5.46. The minimum atomic E-state index is -0.601. The lowest BCUT2D eigenvalue weighted by atomic mass is 9.57. The Labute approximate surface area is 189 Å². The van der Waals surface area contributed by atoms with E-state index in [-0.39, 0.29) is 23.4 Å². The zero-order chi connectivity index (χ0) is 21.7. The van der Waals surface area contributed by atoms with Crippen LogP contribution in [0.3, 0.4) is 0 Å². The number of hydrogen-bond acceptors (Lipinski definition) is 3. The number of hydrogen-bond donors (Lipinski definition) is 0. The molecule has 2 aromatic carbocycles. The van der Waals surface area contributed by atoms with Crippen molar-refractivity contribution in [2.24, 2.45) is 11.8 Å². The SMILES string of the molecule is CC(=O)CC(C)C(C(C)=O)(c1ccccc1)C1CCN(Cc2ccc(Br)cc2)CC1. The van der Waals surface area contributed by atoms with E-state index in [2.05, 4.69) is 64.2 Å². The highest BCUT2D eigenvalue weighted by Crippen LogP contribution is 2.46.